The average Bonchev–Trinajstić information content (AvgIpc) is 3.21. The number of hydrogen-bond acceptors (Lipinski definition) is 6. The predicted molar refractivity (Wildman–Crippen MR) is 151 cm³/mol. The minimum atomic E-state index is -0.392. The zero-order valence-electron chi connectivity index (χ0n) is 22.3. The lowest BCUT2D eigenvalue weighted by molar-refractivity contribution is -0.121. The van der Waals surface area contributed by atoms with E-state index in [-0.39, 0.29) is 12.3 Å². The quantitative estimate of drug-likeness (QED) is 0.285. The molecule has 0 saturated carbocycles. The number of thioether (sulfide) groups is 1. The van der Waals surface area contributed by atoms with Crippen molar-refractivity contribution in [1.29, 1.82) is 0 Å². The fourth-order valence-corrected chi connectivity index (χ4v) is 5.82. The summed E-state index contributed by atoms with van der Waals surface area (Å²) in [6, 6.07) is 14.3. The predicted octanol–water partition coefficient (Wildman–Crippen LogP) is 4.74. The maximum atomic E-state index is 11.8. The van der Waals surface area contributed by atoms with Gasteiger partial charge in [0.05, 0.1) is 6.04 Å². The number of nitrogens with one attached hydrogen (secondary N) is 1. The van der Waals surface area contributed by atoms with Crippen molar-refractivity contribution < 1.29 is 14.4 Å². The van der Waals surface area contributed by atoms with Crippen molar-refractivity contribution in [2.24, 2.45) is 0 Å². The van der Waals surface area contributed by atoms with Gasteiger partial charge in [-0.25, -0.2) is 0 Å². The van der Waals surface area contributed by atoms with E-state index in [1.54, 1.807) is 18.8 Å². The lowest BCUT2D eigenvalue weighted by Gasteiger charge is -2.25. The van der Waals surface area contributed by atoms with Gasteiger partial charge in [-0.2, -0.15) is 0 Å². The first-order valence-corrected chi connectivity index (χ1v) is 14.4. The fourth-order valence-electron chi connectivity index (χ4n) is 4.77. The zero-order chi connectivity index (χ0) is 26.5. The molecule has 1 aliphatic rings. The molecule has 37 heavy (non-hydrogen) atoms. The van der Waals surface area contributed by atoms with Gasteiger partial charge in [-0.15, -0.1) is 11.8 Å². The van der Waals surface area contributed by atoms with Gasteiger partial charge in [0.1, 0.15) is 12.6 Å². The molecule has 1 unspecified atom stereocenters. The molecule has 0 spiro atoms. The molecule has 1 saturated heterocycles. The number of rotatable bonds is 14. The Morgan fingerprint density at radius 1 is 1.05 bits per heavy atom. The highest BCUT2D eigenvalue weighted by Gasteiger charge is 2.19. The van der Waals surface area contributed by atoms with Crippen LogP contribution in [-0.4, -0.2) is 68.1 Å². The van der Waals surface area contributed by atoms with E-state index in [9.17, 15) is 14.4 Å². The number of hydrogen-bond donors (Lipinski definition) is 1. The van der Waals surface area contributed by atoms with Crippen molar-refractivity contribution >= 4 is 30.2 Å². The molecular weight excluding hydrogens is 482 g/mol. The first-order chi connectivity index (χ1) is 18.0. The van der Waals surface area contributed by atoms with Crippen LogP contribution in [-0.2, 0) is 28.3 Å². The van der Waals surface area contributed by atoms with Crippen LogP contribution in [0.15, 0.2) is 47.4 Å². The van der Waals surface area contributed by atoms with Crippen LogP contribution < -0.4 is 5.32 Å². The van der Waals surface area contributed by atoms with E-state index in [1.807, 2.05) is 30.1 Å². The van der Waals surface area contributed by atoms with Crippen LogP contribution >= 0.6 is 11.8 Å². The standard InChI is InChI=1S/C30H41N3O3S/c1-31-30(36)15-14-27(22-35)32(2)20-28-26(21-34)8-7-9-29(28)37-23-25-12-10-24(11-13-25)16-19-33-17-5-3-4-6-18-33/h7-13,21-22,27H,3-6,14-20,23H2,1-2H3,(H,31,36). The molecule has 1 aliphatic heterocycles. The Morgan fingerprint density at radius 3 is 2.41 bits per heavy atom. The van der Waals surface area contributed by atoms with Crippen LogP contribution in [0.4, 0.5) is 0 Å². The molecule has 2 aromatic rings. The van der Waals surface area contributed by atoms with Gasteiger partial charge >= 0.3 is 0 Å². The minimum absolute atomic E-state index is 0.0854. The molecular formula is C30H41N3O3S. The summed E-state index contributed by atoms with van der Waals surface area (Å²) in [6.07, 6.45) is 8.96. The van der Waals surface area contributed by atoms with Crippen LogP contribution in [0.1, 0.15) is 65.6 Å². The second-order valence-electron chi connectivity index (χ2n) is 9.88. The summed E-state index contributed by atoms with van der Waals surface area (Å²) in [4.78, 5) is 40.7. The van der Waals surface area contributed by atoms with Crippen LogP contribution in [0.2, 0.25) is 0 Å². The molecule has 1 amide bonds. The molecule has 7 heteroatoms. The summed E-state index contributed by atoms with van der Waals surface area (Å²) < 4.78 is 0. The van der Waals surface area contributed by atoms with Crippen LogP contribution in [0.3, 0.4) is 0 Å². The molecule has 0 radical (unpaired) electrons. The van der Waals surface area contributed by atoms with Gasteiger partial charge in [-0.05, 0) is 68.6 Å². The summed E-state index contributed by atoms with van der Waals surface area (Å²) in [5, 5.41) is 2.60. The van der Waals surface area contributed by atoms with E-state index in [0.29, 0.717) is 18.5 Å². The summed E-state index contributed by atoms with van der Waals surface area (Å²) in [6.45, 7) is 4.06. The van der Waals surface area contributed by atoms with E-state index in [2.05, 4.69) is 34.5 Å². The molecule has 1 N–H and O–H groups in total. The van der Waals surface area contributed by atoms with Gasteiger partial charge in [0.2, 0.25) is 5.91 Å². The molecule has 1 atom stereocenters. The Hall–Kier alpha value is -2.48. The number of aldehydes is 2. The fraction of sp³-hybridized carbons (Fsp3) is 0.500. The third kappa shape index (κ3) is 9.40. The zero-order valence-corrected chi connectivity index (χ0v) is 23.1. The van der Waals surface area contributed by atoms with Crippen molar-refractivity contribution in [2.75, 3.05) is 33.7 Å². The van der Waals surface area contributed by atoms with Gasteiger partial charge < -0.3 is 15.0 Å². The van der Waals surface area contributed by atoms with Crippen LogP contribution in [0.25, 0.3) is 0 Å². The molecule has 0 aromatic heterocycles. The van der Waals surface area contributed by atoms with Crippen molar-refractivity contribution in [3.05, 3.63) is 64.7 Å². The summed E-state index contributed by atoms with van der Waals surface area (Å²) in [5.41, 5.74) is 4.18. The maximum absolute atomic E-state index is 11.8. The average molecular weight is 524 g/mol. The normalized spacial score (nSPS) is 15.2. The van der Waals surface area contributed by atoms with E-state index in [0.717, 1.165) is 41.7 Å². The van der Waals surface area contributed by atoms with Crippen molar-refractivity contribution in [3.8, 4) is 0 Å². The van der Waals surface area contributed by atoms with Crippen molar-refractivity contribution in [3.63, 3.8) is 0 Å². The van der Waals surface area contributed by atoms with Crippen LogP contribution in [0, 0.1) is 0 Å². The third-order valence-electron chi connectivity index (χ3n) is 7.21. The Labute approximate surface area is 226 Å². The highest BCUT2D eigenvalue weighted by atomic mass is 32.2. The van der Waals surface area contributed by atoms with Gasteiger partial charge in [0.15, 0.2) is 0 Å². The summed E-state index contributed by atoms with van der Waals surface area (Å²) >= 11 is 1.71. The maximum Gasteiger partial charge on any atom is 0.219 e. The monoisotopic (exact) mass is 523 g/mol. The molecule has 0 bridgehead atoms. The highest BCUT2D eigenvalue weighted by Crippen LogP contribution is 2.30. The minimum Gasteiger partial charge on any atom is -0.359 e. The highest BCUT2D eigenvalue weighted by molar-refractivity contribution is 7.98. The second-order valence-corrected chi connectivity index (χ2v) is 10.9. The van der Waals surface area contributed by atoms with E-state index in [1.165, 1.54) is 49.9 Å². The third-order valence-corrected chi connectivity index (χ3v) is 8.38. The lowest BCUT2D eigenvalue weighted by Crippen LogP contribution is -2.34. The number of likely N-dealkylation sites (N-methyl/N-ethyl adjacent to an activating group) is 1. The smallest absolute Gasteiger partial charge is 0.219 e. The number of nitrogens with zero attached hydrogens (tertiary/aromatic N) is 2. The molecule has 6 nitrogen and oxygen atoms in total. The molecule has 1 heterocycles. The molecule has 200 valence electrons. The van der Waals surface area contributed by atoms with E-state index < -0.39 is 6.04 Å². The molecule has 2 aromatic carbocycles. The van der Waals surface area contributed by atoms with Crippen molar-refractivity contribution in [2.45, 2.75) is 68.2 Å². The largest absolute Gasteiger partial charge is 0.359 e. The summed E-state index contributed by atoms with van der Waals surface area (Å²) in [5.74, 6) is 0.719. The first-order valence-electron chi connectivity index (χ1n) is 13.4. The topological polar surface area (TPSA) is 69.7 Å². The van der Waals surface area contributed by atoms with Gasteiger partial charge in [-0.3, -0.25) is 14.5 Å². The molecule has 1 fully saturated rings. The number of benzene rings is 2. The number of amides is 1. The number of carbonyl (C=O) groups excluding carboxylic acids is 3. The Balaban J connectivity index is 1.59. The SMILES string of the molecule is CNC(=O)CCC(C=O)N(C)Cc1c(C=O)cccc1SCc1ccc(CCN2CCCCCC2)cc1. The first kappa shape index (κ1) is 29.1. The molecule has 0 aliphatic carbocycles. The van der Waals surface area contributed by atoms with Crippen LogP contribution in [0.5, 0.6) is 0 Å². The van der Waals surface area contributed by atoms with Crippen molar-refractivity contribution in [1.82, 2.24) is 15.1 Å². The summed E-state index contributed by atoms with van der Waals surface area (Å²) in [7, 11) is 3.46. The Morgan fingerprint density at radius 2 is 1.76 bits per heavy atom. The van der Waals surface area contributed by atoms with E-state index in [4.69, 9.17) is 0 Å². The lowest BCUT2D eigenvalue weighted by atomic mass is 10.1. The van der Waals surface area contributed by atoms with Gasteiger partial charge in [0, 0.05) is 42.8 Å². The molecule has 3 rings (SSSR count). The van der Waals surface area contributed by atoms with E-state index >= 15 is 0 Å². The van der Waals surface area contributed by atoms with Gasteiger partial charge in [0.25, 0.3) is 0 Å². The number of likely N-dealkylation sites (tertiary alicyclic amines) is 1. The Bertz CT molecular complexity index is 1000. The number of carbonyl (C=O) groups is 3. The van der Waals surface area contributed by atoms with Gasteiger partial charge in [-0.1, -0.05) is 49.2 Å². The second kappa shape index (κ2) is 15.7. The Kier molecular flexibility index (Phi) is 12.3.